The average molecular weight is 255 g/mol. The zero-order chi connectivity index (χ0) is 13.7. The van der Waals surface area contributed by atoms with Crippen LogP contribution in [0.25, 0.3) is 0 Å². The average Bonchev–Trinajstić information content (AvgIpc) is 2.42. The van der Waals surface area contributed by atoms with Crippen LogP contribution in [0.4, 0.5) is 5.82 Å². The number of aryl methyl sites for hydroxylation is 1. The van der Waals surface area contributed by atoms with Gasteiger partial charge in [-0.05, 0) is 24.6 Å². The fraction of sp³-hybridized carbons (Fsp3) is 0.200. The molecule has 0 fully saturated rings. The van der Waals surface area contributed by atoms with Crippen molar-refractivity contribution in [2.24, 2.45) is 5.16 Å². The molecular weight excluding hydrogens is 238 g/mol. The van der Waals surface area contributed by atoms with Crippen molar-refractivity contribution in [2.45, 2.75) is 13.5 Å². The van der Waals surface area contributed by atoms with Gasteiger partial charge >= 0.3 is 0 Å². The fourth-order valence-corrected chi connectivity index (χ4v) is 1.91. The van der Waals surface area contributed by atoms with E-state index in [9.17, 15) is 0 Å². The first kappa shape index (κ1) is 13.1. The van der Waals surface area contributed by atoms with Gasteiger partial charge in [0.1, 0.15) is 5.82 Å². The highest BCUT2D eigenvalue weighted by atomic mass is 16.4. The third kappa shape index (κ3) is 3.31. The number of hydrogen-bond acceptors (Lipinski definition) is 4. The van der Waals surface area contributed by atoms with Gasteiger partial charge in [-0.25, -0.2) is 4.98 Å². The van der Waals surface area contributed by atoms with Gasteiger partial charge in [0.2, 0.25) is 0 Å². The molecule has 0 aliphatic heterocycles. The van der Waals surface area contributed by atoms with Crippen LogP contribution in [0.2, 0.25) is 0 Å². The van der Waals surface area contributed by atoms with Crippen molar-refractivity contribution < 1.29 is 5.21 Å². The van der Waals surface area contributed by atoms with Crippen LogP contribution in [0.1, 0.15) is 16.8 Å². The second-order valence-corrected chi connectivity index (χ2v) is 4.43. The summed E-state index contributed by atoms with van der Waals surface area (Å²) in [5.74, 6) is 0.899. The normalized spacial score (nSPS) is 10.8. The first-order valence-corrected chi connectivity index (χ1v) is 6.11. The van der Waals surface area contributed by atoms with Gasteiger partial charge in [-0.15, -0.1) is 0 Å². The topological polar surface area (TPSA) is 48.7 Å². The summed E-state index contributed by atoms with van der Waals surface area (Å²) < 4.78 is 0. The number of nitrogens with zero attached hydrogens (tertiary/aromatic N) is 3. The van der Waals surface area contributed by atoms with Gasteiger partial charge in [0.25, 0.3) is 0 Å². The van der Waals surface area contributed by atoms with Crippen LogP contribution in [-0.2, 0) is 6.54 Å². The maximum absolute atomic E-state index is 8.55. The van der Waals surface area contributed by atoms with Gasteiger partial charge in [0.15, 0.2) is 0 Å². The van der Waals surface area contributed by atoms with Crippen molar-refractivity contribution in [3.05, 3.63) is 59.3 Å². The third-order valence-electron chi connectivity index (χ3n) is 2.96. The Labute approximate surface area is 113 Å². The Balaban J connectivity index is 2.15. The van der Waals surface area contributed by atoms with Crippen LogP contribution < -0.4 is 4.90 Å². The quantitative estimate of drug-likeness (QED) is 0.519. The number of hydrogen-bond donors (Lipinski definition) is 1. The fourth-order valence-electron chi connectivity index (χ4n) is 1.91. The molecule has 2 aromatic rings. The molecule has 4 heteroatoms. The minimum Gasteiger partial charge on any atom is -0.411 e. The molecule has 0 saturated heterocycles. The number of anilines is 1. The molecule has 1 aromatic heterocycles. The summed E-state index contributed by atoms with van der Waals surface area (Å²) >= 11 is 0. The predicted molar refractivity (Wildman–Crippen MR) is 76.9 cm³/mol. The van der Waals surface area contributed by atoms with E-state index in [0.29, 0.717) is 0 Å². The van der Waals surface area contributed by atoms with E-state index in [1.807, 2.05) is 44.3 Å². The summed E-state index contributed by atoms with van der Waals surface area (Å²) in [4.78, 5) is 6.60. The standard InChI is InChI=1S/C15H17N3O/c1-12-14(10-16-19)8-9-15(17-12)18(2)11-13-6-4-3-5-7-13/h3-10,19H,11H2,1-2H3/b16-10-. The maximum atomic E-state index is 8.55. The molecule has 0 aliphatic rings. The summed E-state index contributed by atoms with van der Waals surface area (Å²) in [5, 5.41) is 11.6. The molecule has 0 spiro atoms. The number of aromatic nitrogens is 1. The van der Waals surface area contributed by atoms with Gasteiger partial charge in [0.05, 0.1) is 6.21 Å². The van der Waals surface area contributed by atoms with E-state index in [-0.39, 0.29) is 0 Å². The number of rotatable bonds is 4. The van der Waals surface area contributed by atoms with Crippen LogP contribution >= 0.6 is 0 Å². The van der Waals surface area contributed by atoms with Crippen molar-refractivity contribution in [3.8, 4) is 0 Å². The molecule has 1 N–H and O–H groups in total. The Kier molecular flexibility index (Phi) is 4.13. The molecule has 1 heterocycles. The lowest BCUT2D eigenvalue weighted by Crippen LogP contribution is -2.18. The molecule has 0 aliphatic carbocycles. The Morgan fingerprint density at radius 1 is 1.21 bits per heavy atom. The highest BCUT2D eigenvalue weighted by Crippen LogP contribution is 2.15. The van der Waals surface area contributed by atoms with Gasteiger partial charge in [-0.3, -0.25) is 0 Å². The van der Waals surface area contributed by atoms with Crippen LogP contribution in [0.3, 0.4) is 0 Å². The molecule has 19 heavy (non-hydrogen) atoms. The van der Waals surface area contributed by atoms with E-state index in [1.165, 1.54) is 11.8 Å². The molecule has 0 amide bonds. The molecular formula is C15H17N3O. The number of benzene rings is 1. The summed E-state index contributed by atoms with van der Waals surface area (Å²) in [6.07, 6.45) is 1.39. The highest BCUT2D eigenvalue weighted by Gasteiger charge is 2.05. The van der Waals surface area contributed by atoms with E-state index >= 15 is 0 Å². The smallest absolute Gasteiger partial charge is 0.128 e. The first-order valence-electron chi connectivity index (χ1n) is 6.11. The minimum absolute atomic E-state index is 0.806. The summed E-state index contributed by atoms with van der Waals surface area (Å²) in [5.41, 5.74) is 2.90. The van der Waals surface area contributed by atoms with E-state index in [1.54, 1.807) is 0 Å². The van der Waals surface area contributed by atoms with Gasteiger partial charge in [-0.1, -0.05) is 35.5 Å². The Morgan fingerprint density at radius 3 is 2.58 bits per heavy atom. The number of pyridine rings is 1. The van der Waals surface area contributed by atoms with Crippen molar-refractivity contribution in [2.75, 3.05) is 11.9 Å². The SMILES string of the molecule is Cc1nc(N(C)Cc2ccccc2)ccc1/C=N\O. The third-order valence-corrected chi connectivity index (χ3v) is 2.96. The Bertz CT molecular complexity index is 567. The van der Waals surface area contributed by atoms with Crippen LogP contribution in [0, 0.1) is 6.92 Å². The van der Waals surface area contributed by atoms with E-state index in [4.69, 9.17) is 5.21 Å². The molecule has 1 aromatic carbocycles. The van der Waals surface area contributed by atoms with E-state index in [2.05, 4.69) is 27.2 Å². The molecule has 2 rings (SSSR count). The Hall–Kier alpha value is -2.36. The summed E-state index contributed by atoms with van der Waals surface area (Å²) in [6.45, 7) is 2.71. The van der Waals surface area contributed by atoms with Crippen molar-refractivity contribution >= 4 is 12.0 Å². The largest absolute Gasteiger partial charge is 0.411 e. The second kappa shape index (κ2) is 6.00. The lowest BCUT2D eigenvalue weighted by Gasteiger charge is -2.19. The molecule has 0 saturated carbocycles. The van der Waals surface area contributed by atoms with Gasteiger partial charge < -0.3 is 10.1 Å². The van der Waals surface area contributed by atoms with Crippen LogP contribution in [0.15, 0.2) is 47.6 Å². The first-order chi connectivity index (χ1) is 9.20. The van der Waals surface area contributed by atoms with Gasteiger partial charge in [-0.2, -0.15) is 0 Å². The second-order valence-electron chi connectivity index (χ2n) is 4.43. The molecule has 4 nitrogen and oxygen atoms in total. The van der Waals surface area contributed by atoms with Crippen molar-refractivity contribution in [3.63, 3.8) is 0 Å². The van der Waals surface area contributed by atoms with Crippen molar-refractivity contribution in [1.29, 1.82) is 0 Å². The zero-order valence-electron chi connectivity index (χ0n) is 11.1. The monoisotopic (exact) mass is 255 g/mol. The lowest BCUT2D eigenvalue weighted by atomic mass is 10.2. The zero-order valence-corrected chi connectivity index (χ0v) is 11.1. The van der Waals surface area contributed by atoms with Gasteiger partial charge in [0, 0.05) is 24.8 Å². The molecule has 0 unspecified atom stereocenters. The molecule has 98 valence electrons. The molecule has 0 atom stereocenters. The molecule has 0 radical (unpaired) electrons. The lowest BCUT2D eigenvalue weighted by molar-refractivity contribution is 0.322. The summed E-state index contributed by atoms with van der Waals surface area (Å²) in [6, 6.07) is 14.1. The van der Waals surface area contributed by atoms with E-state index < -0.39 is 0 Å². The van der Waals surface area contributed by atoms with Crippen molar-refractivity contribution in [1.82, 2.24) is 4.98 Å². The summed E-state index contributed by atoms with van der Waals surface area (Å²) in [7, 11) is 2.01. The molecule has 0 bridgehead atoms. The minimum atomic E-state index is 0.806. The highest BCUT2D eigenvalue weighted by molar-refractivity contribution is 5.80. The maximum Gasteiger partial charge on any atom is 0.128 e. The van der Waals surface area contributed by atoms with Crippen LogP contribution in [-0.4, -0.2) is 23.5 Å². The van der Waals surface area contributed by atoms with E-state index in [0.717, 1.165) is 23.6 Å². The predicted octanol–water partition coefficient (Wildman–Crippen LogP) is 2.83. The van der Waals surface area contributed by atoms with Crippen LogP contribution in [0.5, 0.6) is 0 Å². The number of oxime groups is 1. The Morgan fingerprint density at radius 2 is 1.95 bits per heavy atom.